The van der Waals surface area contributed by atoms with E-state index in [4.69, 9.17) is 0 Å². The van der Waals surface area contributed by atoms with E-state index in [9.17, 15) is 4.79 Å². The van der Waals surface area contributed by atoms with Crippen molar-refractivity contribution < 1.29 is 4.79 Å². The number of nitrogens with one attached hydrogen (secondary N) is 3. The summed E-state index contributed by atoms with van der Waals surface area (Å²) in [7, 11) is 0. The number of halogens is 1. The van der Waals surface area contributed by atoms with Gasteiger partial charge in [-0.1, -0.05) is 28.1 Å². The maximum atomic E-state index is 11.6. The van der Waals surface area contributed by atoms with Crippen LogP contribution in [0.5, 0.6) is 0 Å². The molecule has 5 nitrogen and oxygen atoms in total. The Morgan fingerprint density at radius 1 is 1.25 bits per heavy atom. The fourth-order valence-electron chi connectivity index (χ4n) is 2.77. The lowest BCUT2D eigenvalue weighted by Crippen LogP contribution is -2.39. The number of aliphatic imine (C=N–C) groups is 1. The molecule has 2 atom stereocenters. The highest BCUT2D eigenvalue weighted by Gasteiger charge is 2.38. The number of hydrogen-bond donors (Lipinski definition) is 3. The first-order valence-corrected chi connectivity index (χ1v) is 9.54. The molecule has 1 amide bonds. The van der Waals surface area contributed by atoms with Crippen LogP contribution in [0.2, 0.25) is 0 Å². The predicted molar refractivity (Wildman–Crippen MR) is 100 cm³/mol. The van der Waals surface area contributed by atoms with Gasteiger partial charge in [-0.2, -0.15) is 0 Å². The van der Waals surface area contributed by atoms with E-state index in [1.165, 1.54) is 5.56 Å². The summed E-state index contributed by atoms with van der Waals surface area (Å²) < 4.78 is 1.11. The van der Waals surface area contributed by atoms with Crippen LogP contribution in [0.15, 0.2) is 33.7 Å². The summed E-state index contributed by atoms with van der Waals surface area (Å²) in [6, 6.07) is 8.96. The molecular formula is C18H25BrN4O. The second kappa shape index (κ2) is 8.01. The van der Waals surface area contributed by atoms with Crippen molar-refractivity contribution in [2.75, 3.05) is 19.6 Å². The average Bonchev–Trinajstić information content (AvgIpc) is 3.46. The van der Waals surface area contributed by atoms with Crippen LogP contribution in [-0.2, 0) is 4.79 Å². The first-order valence-electron chi connectivity index (χ1n) is 8.75. The minimum atomic E-state index is 0.181. The highest BCUT2D eigenvalue weighted by Crippen LogP contribution is 2.40. The Kier molecular flexibility index (Phi) is 5.76. The van der Waals surface area contributed by atoms with E-state index in [1.54, 1.807) is 0 Å². The Bertz CT molecular complexity index is 598. The van der Waals surface area contributed by atoms with E-state index >= 15 is 0 Å². The minimum Gasteiger partial charge on any atom is -0.357 e. The summed E-state index contributed by atoms with van der Waals surface area (Å²) in [4.78, 5) is 16.2. The Morgan fingerprint density at radius 3 is 2.67 bits per heavy atom. The molecule has 3 N–H and O–H groups in total. The highest BCUT2D eigenvalue weighted by atomic mass is 79.9. The number of carbonyl (C=O) groups is 1. The van der Waals surface area contributed by atoms with Gasteiger partial charge in [-0.3, -0.25) is 9.79 Å². The highest BCUT2D eigenvalue weighted by molar-refractivity contribution is 9.10. The van der Waals surface area contributed by atoms with Crippen LogP contribution in [0, 0.1) is 5.92 Å². The number of nitrogens with zero attached hydrogens (tertiary/aromatic N) is 1. The molecule has 1 aromatic carbocycles. The minimum absolute atomic E-state index is 0.181. The fraction of sp³-hybridized carbons (Fsp3) is 0.556. The molecule has 2 unspecified atom stereocenters. The van der Waals surface area contributed by atoms with Gasteiger partial charge in [0, 0.05) is 35.4 Å². The zero-order valence-corrected chi connectivity index (χ0v) is 15.6. The number of hydrogen-bond acceptors (Lipinski definition) is 2. The number of guanidine groups is 1. The van der Waals surface area contributed by atoms with Crippen LogP contribution in [0.1, 0.15) is 37.7 Å². The molecular weight excluding hydrogens is 368 g/mol. The van der Waals surface area contributed by atoms with Gasteiger partial charge in [-0.25, -0.2) is 0 Å². The van der Waals surface area contributed by atoms with Crippen molar-refractivity contribution in [3.63, 3.8) is 0 Å². The molecule has 2 fully saturated rings. The standard InChI is InChI=1S/C18H25BrN4O/c1-2-20-18(22-10-9-21-17(24)13-3-4-13)23-16-11-15(16)12-5-7-14(19)8-6-12/h5-8,13,15-16H,2-4,9-11H2,1H3,(H,21,24)(H2,20,22,23). The van der Waals surface area contributed by atoms with Gasteiger partial charge in [0.05, 0.1) is 6.54 Å². The SMILES string of the molecule is CCNC(=NCCNC(=O)C1CC1)NC1CC1c1ccc(Br)cc1. The second-order valence-electron chi connectivity index (χ2n) is 6.47. The predicted octanol–water partition coefficient (Wildman–Crippen LogP) is 2.39. The third-order valence-electron chi connectivity index (χ3n) is 4.38. The van der Waals surface area contributed by atoms with Crippen LogP contribution in [0.25, 0.3) is 0 Å². The normalized spacial score (nSPS) is 22.8. The van der Waals surface area contributed by atoms with E-state index in [0.717, 1.165) is 36.2 Å². The zero-order valence-electron chi connectivity index (χ0n) is 14.0. The summed E-state index contributed by atoms with van der Waals surface area (Å²) in [6.07, 6.45) is 3.21. The van der Waals surface area contributed by atoms with Crippen molar-refractivity contribution in [1.29, 1.82) is 0 Å². The van der Waals surface area contributed by atoms with E-state index < -0.39 is 0 Å². The van der Waals surface area contributed by atoms with Crippen LogP contribution in [-0.4, -0.2) is 37.5 Å². The van der Waals surface area contributed by atoms with Gasteiger partial charge >= 0.3 is 0 Å². The molecule has 24 heavy (non-hydrogen) atoms. The Labute approximate surface area is 151 Å². The lowest BCUT2D eigenvalue weighted by molar-refractivity contribution is -0.122. The summed E-state index contributed by atoms with van der Waals surface area (Å²) >= 11 is 3.47. The molecule has 130 valence electrons. The lowest BCUT2D eigenvalue weighted by atomic mass is 10.1. The zero-order chi connectivity index (χ0) is 16.9. The molecule has 0 saturated heterocycles. The van der Waals surface area contributed by atoms with Crippen molar-refractivity contribution in [2.45, 2.75) is 38.1 Å². The topological polar surface area (TPSA) is 65.5 Å². The van der Waals surface area contributed by atoms with Crippen molar-refractivity contribution in [2.24, 2.45) is 10.9 Å². The Hall–Kier alpha value is -1.56. The molecule has 0 aromatic heterocycles. The molecule has 0 spiro atoms. The summed E-state index contributed by atoms with van der Waals surface area (Å²) in [5, 5.41) is 9.71. The number of rotatable bonds is 7. The van der Waals surface area contributed by atoms with Crippen LogP contribution in [0.3, 0.4) is 0 Å². The van der Waals surface area contributed by atoms with E-state index in [2.05, 4.69) is 68.1 Å². The molecule has 1 aromatic rings. The second-order valence-corrected chi connectivity index (χ2v) is 7.39. The van der Waals surface area contributed by atoms with Crippen LogP contribution in [0.4, 0.5) is 0 Å². The third kappa shape index (κ3) is 4.97. The maximum absolute atomic E-state index is 11.6. The Morgan fingerprint density at radius 2 is 2.00 bits per heavy atom. The number of amides is 1. The van der Waals surface area contributed by atoms with Crippen molar-refractivity contribution in [1.82, 2.24) is 16.0 Å². The van der Waals surface area contributed by atoms with E-state index in [-0.39, 0.29) is 11.8 Å². The molecule has 2 aliphatic rings. The van der Waals surface area contributed by atoms with Crippen molar-refractivity contribution >= 4 is 27.8 Å². The van der Waals surface area contributed by atoms with Gasteiger partial charge in [-0.05, 0) is 43.9 Å². The third-order valence-corrected chi connectivity index (χ3v) is 4.91. The number of benzene rings is 1. The van der Waals surface area contributed by atoms with Crippen molar-refractivity contribution in [3.8, 4) is 0 Å². The first-order chi connectivity index (χ1) is 11.7. The Balaban J connectivity index is 1.44. The molecule has 0 radical (unpaired) electrons. The summed E-state index contributed by atoms with van der Waals surface area (Å²) in [5.41, 5.74) is 1.36. The fourth-order valence-corrected chi connectivity index (χ4v) is 3.03. The van der Waals surface area contributed by atoms with Gasteiger partial charge < -0.3 is 16.0 Å². The monoisotopic (exact) mass is 392 g/mol. The average molecular weight is 393 g/mol. The molecule has 0 aliphatic heterocycles. The van der Waals surface area contributed by atoms with Gasteiger partial charge in [0.25, 0.3) is 0 Å². The van der Waals surface area contributed by atoms with Gasteiger partial charge in [0.1, 0.15) is 0 Å². The molecule has 2 saturated carbocycles. The van der Waals surface area contributed by atoms with Crippen LogP contribution >= 0.6 is 15.9 Å². The quantitative estimate of drug-likeness (QED) is 0.379. The first kappa shape index (κ1) is 17.3. The van der Waals surface area contributed by atoms with Crippen LogP contribution < -0.4 is 16.0 Å². The molecule has 6 heteroatoms. The lowest BCUT2D eigenvalue weighted by Gasteiger charge is -2.11. The number of carbonyl (C=O) groups excluding carboxylic acids is 1. The van der Waals surface area contributed by atoms with E-state index in [0.29, 0.717) is 25.0 Å². The summed E-state index contributed by atoms with van der Waals surface area (Å²) in [6.45, 7) is 4.09. The van der Waals surface area contributed by atoms with Gasteiger partial charge in [-0.15, -0.1) is 0 Å². The van der Waals surface area contributed by atoms with Gasteiger partial charge in [0.15, 0.2) is 5.96 Å². The molecule has 3 rings (SSSR count). The largest absolute Gasteiger partial charge is 0.357 e. The van der Waals surface area contributed by atoms with Gasteiger partial charge in [0.2, 0.25) is 5.91 Å². The summed E-state index contributed by atoms with van der Waals surface area (Å²) in [5.74, 6) is 1.83. The molecule has 0 bridgehead atoms. The van der Waals surface area contributed by atoms with E-state index in [1.807, 2.05) is 0 Å². The maximum Gasteiger partial charge on any atom is 0.223 e. The van der Waals surface area contributed by atoms with Crippen molar-refractivity contribution in [3.05, 3.63) is 34.3 Å². The molecule has 0 heterocycles. The smallest absolute Gasteiger partial charge is 0.223 e. The molecule has 2 aliphatic carbocycles.